The van der Waals surface area contributed by atoms with E-state index in [4.69, 9.17) is 4.74 Å². The molecule has 3 aromatic rings. The second kappa shape index (κ2) is 8.31. The summed E-state index contributed by atoms with van der Waals surface area (Å²) in [6.45, 7) is 2.21. The number of halogens is 1. The standard InChI is InChI=1S/C21H20FN3O2/c1-14-7-8-19(27-2)18(11-14)25-21(26)15-9-10-23-20(12-15)24-13-16-5-3-4-6-17(16)22/h3-12H,13H2,1-2H3,(H,23,24)(H,25,26). The Bertz CT molecular complexity index is 960. The molecule has 0 saturated carbocycles. The number of methoxy groups -OCH3 is 1. The van der Waals surface area contributed by atoms with Gasteiger partial charge in [0.1, 0.15) is 17.4 Å². The molecule has 0 aliphatic carbocycles. The fraction of sp³-hybridized carbons (Fsp3) is 0.143. The number of hydrogen-bond donors (Lipinski definition) is 2. The van der Waals surface area contributed by atoms with Crippen molar-refractivity contribution in [3.63, 3.8) is 0 Å². The topological polar surface area (TPSA) is 63.2 Å². The number of carbonyl (C=O) groups excluding carboxylic acids is 1. The van der Waals surface area contributed by atoms with E-state index < -0.39 is 0 Å². The van der Waals surface area contributed by atoms with Gasteiger partial charge in [-0.3, -0.25) is 4.79 Å². The summed E-state index contributed by atoms with van der Waals surface area (Å²) in [4.78, 5) is 16.8. The molecule has 5 nitrogen and oxygen atoms in total. The van der Waals surface area contributed by atoms with Crippen LogP contribution in [0.3, 0.4) is 0 Å². The SMILES string of the molecule is COc1ccc(C)cc1NC(=O)c1ccnc(NCc2ccccc2F)c1. The Morgan fingerprint density at radius 3 is 2.74 bits per heavy atom. The van der Waals surface area contributed by atoms with E-state index in [0.717, 1.165) is 5.56 Å². The molecule has 0 radical (unpaired) electrons. The van der Waals surface area contributed by atoms with E-state index in [2.05, 4.69) is 15.6 Å². The summed E-state index contributed by atoms with van der Waals surface area (Å²) < 4.78 is 19.0. The van der Waals surface area contributed by atoms with Gasteiger partial charge in [-0.25, -0.2) is 9.37 Å². The van der Waals surface area contributed by atoms with Gasteiger partial charge in [0.15, 0.2) is 0 Å². The van der Waals surface area contributed by atoms with Gasteiger partial charge < -0.3 is 15.4 Å². The second-order valence-electron chi connectivity index (χ2n) is 6.03. The molecule has 1 aromatic heterocycles. The molecule has 0 aliphatic heterocycles. The molecule has 27 heavy (non-hydrogen) atoms. The summed E-state index contributed by atoms with van der Waals surface area (Å²) in [7, 11) is 1.55. The molecule has 3 rings (SSSR count). The van der Waals surface area contributed by atoms with E-state index >= 15 is 0 Å². The van der Waals surface area contributed by atoms with E-state index in [-0.39, 0.29) is 18.3 Å². The molecule has 0 fully saturated rings. The van der Waals surface area contributed by atoms with Crippen molar-refractivity contribution in [1.29, 1.82) is 0 Å². The van der Waals surface area contributed by atoms with E-state index in [9.17, 15) is 9.18 Å². The molecular formula is C21H20FN3O2. The molecule has 1 heterocycles. The van der Waals surface area contributed by atoms with E-state index in [0.29, 0.717) is 28.4 Å². The summed E-state index contributed by atoms with van der Waals surface area (Å²) in [5.74, 6) is 0.503. The van der Waals surface area contributed by atoms with Crippen LogP contribution in [0, 0.1) is 12.7 Å². The summed E-state index contributed by atoms with van der Waals surface area (Å²) in [5.41, 5.74) is 2.57. The molecule has 0 spiro atoms. The van der Waals surface area contributed by atoms with E-state index in [1.54, 1.807) is 43.5 Å². The van der Waals surface area contributed by atoms with Gasteiger partial charge in [-0.2, -0.15) is 0 Å². The number of hydrogen-bond acceptors (Lipinski definition) is 4. The Kier molecular flexibility index (Phi) is 5.66. The van der Waals surface area contributed by atoms with Crippen LogP contribution in [0.25, 0.3) is 0 Å². The van der Waals surface area contributed by atoms with Crippen LogP contribution in [0.5, 0.6) is 5.75 Å². The van der Waals surface area contributed by atoms with Gasteiger partial charge in [-0.15, -0.1) is 0 Å². The average Bonchev–Trinajstić information content (AvgIpc) is 2.68. The van der Waals surface area contributed by atoms with Gasteiger partial charge in [-0.1, -0.05) is 24.3 Å². The Labute approximate surface area is 157 Å². The fourth-order valence-corrected chi connectivity index (χ4v) is 2.61. The first-order valence-corrected chi connectivity index (χ1v) is 8.46. The number of benzene rings is 2. The molecule has 0 saturated heterocycles. The van der Waals surface area contributed by atoms with Crippen LogP contribution in [0.4, 0.5) is 15.9 Å². The van der Waals surface area contributed by atoms with E-state index in [1.807, 2.05) is 19.1 Å². The lowest BCUT2D eigenvalue weighted by Crippen LogP contribution is -2.13. The third-order valence-electron chi connectivity index (χ3n) is 4.04. The number of ether oxygens (including phenoxy) is 1. The normalized spacial score (nSPS) is 10.3. The molecule has 6 heteroatoms. The predicted octanol–water partition coefficient (Wildman–Crippen LogP) is 4.40. The second-order valence-corrected chi connectivity index (χ2v) is 6.03. The molecule has 0 unspecified atom stereocenters. The number of nitrogens with zero attached hydrogens (tertiary/aromatic N) is 1. The van der Waals surface area contributed by atoms with Gasteiger partial charge in [0.2, 0.25) is 0 Å². The van der Waals surface area contributed by atoms with Crippen LogP contribution in [0.2, 0.25) is 0 Å². The lowest BCUT2D eigenvalue weighted by atomic mass is 10.2. The summed E-state index contributed by atoms with van der Waals surface area (Å²) in [5, 5.41) is 5.89. The van der Waals surface area contributed by atoms with Crippen molar-refractivity contribution in [2.45, 2.75) is 13.5 Å². The maximum absolute atomic E-state index is 13.7. The molecule has 0 bridgehead atoms. The van der Waals surface area contributed by atoms with Crippen LogP contribution >= 0.6 is 0 Å². The van der Waals surface area contributed by atoms with Crippen LogP contribution in [-0.4, -0.2) is 18.0 Å². The number of anilines is 2. The van der Waals surface area contributed by atoms with E-state index in [1.165, 1.54) is 12.3 Å². The van der Waals surface area contributed by atoms with Gasteiger partial charge in [0, 0.05) is 23.9 Å². The summed E-state index contributed by atoms with van der Waals surface area (Å²) >= 11 is 0. The lowest BCUT2D eigenvalue weighted by molar-refractivity contribution is 0.102. The number of amides is 1. The summed E-state index contributed by atoms with van der Waals surface area (Å²) in [6, 6.07) is 15.3. The Hall–Kier alpha value is -3.41. The number of nitrogens with one attached hydrogen (secondary N) is 2. The zero-order valence-corrected chi connectivity index (χ0v) is 15.1. The highest BCUT2D eigenvalue weighted by molar-refractivity contribution is 6.05. The maximum atomic E-state index is 13.7. The lowest BCUT2D eigenvalue weighted by Gasteiger charge is -2.12. The third kappa shape index (κ3) is 4.61. The Balaban J connectivity index is 1.72. The van der Waals surface area contributed by atoms with Crippen molar-refractivity contribution < 1.29 is 13.9 Å². The number of pyridine rings is 1. The molecule has 138 valence electrons. The van der Waals surface area contributed by atoms with Gasteiger partial charge in [0.05, 0.1) is 12.8 Å². The number of aromatic nitrogens is 1. The van der Waals surface area contributed by atoms with Crippen molar-refractivity contribution in [3.05, 3.63) is 83.3 Å². The average molecular weight is 365 g/mol. The van der Waals surface area contributed by atoms with Gasteiger partial charge in [-0.05, 0) is 42.8 Å². The van der Waals surface area contributed by atoms with Crippen molar-refractivity contribution in [2.24, 2.45) is 0 Å². The van der Waals surface area contributed by atoms with Crippen LogP contribution in [-0.2, 0) is 6.54 Å². The van der Waals surface area contributed by atoms with Gasteiger partial charge >= 0.3 is 0 Å². The van der Waals surface area contributed by atoms with Crippen molar-refractivity contribution in [3.8, 4) is 5.75 Å². The monoisotopic (exact) mass is 365 g/mol. The zero-order valence-electron chi connectivity index (χ0n) is 15.1. The molecule has 2 aromatic carbocycles. The van der Waals surface area contributed by atoms with Crippen molar-refractivity contribution in [2.75, 3.05) is 17.7 Å². The predicted molar refractivity (Wildman–Crippen MR) is 104 cm³/mol. The van der Waals surface area contributed by atoms with Crippen LogP contribution < -0.4 is 15.4 Å². The minimum atomic E-state index is -0.287. The molecule has 2 N–H and O–H groups in total. The summed E-state index contributed by atoms with van der Waals surface area (Å²) in [6.07, 6.45) is 1.53. The highest BCUT2D eigenvalue weighted by Crippen LogP contribution is 2.26. The largest absolute Gasteiger partial charge is 0.495 e. The number of rotatable bonds is 6. The quantitative estimate of drug-likeness (QED) is 0.679. The highest BCUT2D eigenvalue weighted by Gasteiger charge is 2.11. The van der Waals surface area contributed by atoms with Gasteiger partial charge in [0.25, 0.3) is 5.91 Å². The maximum Gasteiger partial charge on any atom is 0.255 e. The molecule has 0 atom stereocenters. The first-order valence-electron chi connectivity index (χ1n) is 8.46. The van der Waals surface area contributed by atoms with Crippen molar-refractivity contribution in [1.82, 2.24) is 4.98 Å². The molecule has 1 amide bonds. The zero-order chi connectivity index (χ0) is 19.2. The van der Waals surface area contributed by atoms with Crippen LogP contribution in [0.1, 0.15) is 21.5 Å². The number of aryl methyl sites for hydroxylation is 1. The molecular weight excluding hydrogens is 345 g/mol. The van der Waals surface area contributed by atoms with Crippen molar-refractivity contribution >= 4 is 17.4 Å². The minimum absolute atomic E-state index is 0.274. The third-order valence-corrected chi connectivity index (χ3v) is 4.04. The first-order chi connectivity index (χ1) is 13.1. The first kappa shape index (κ1) is 18.4. The number of carbonyl (C=O) groups is 1. The Morgan fingerprint density at radius 1 is 1.15 bits per heavy atom. The van der Waals surface area contributed by atoms with Crippen LogP contribution in [0.15, 0.2) is 60.8 Å². The fourth-order valence-electron chi connectivity index (χ4n) is 2.61. The smallest absolute Gasteiger partial charge is 0.255 e. The minimum Gasteiger partial charge on any atom is -0.495 e. The Morgan fingerprint density at radius 2 is 1.96 bits per heavy atom. The molecule has 0 aliphatic rings. The highest BCUT2D eigenvalue weighted by atomic mass is 19.1.